The smallest absolute Gasteiger partial charge is 0.338 e. The van der Waals surface area contributed by atoms with Gasteiger partial charge in [-0.2, -0.15) is 5.26 Å². The first kappa shape index (κ1) is 20.0. The van der Waals surface area contributed by atoms with Crippen LogP contribution in [-0.2, 0) is 14.6 Å². The molecule has 2 aromatic carbocycles. The van der Waals surface area contributed by atoms with E-state index in [9.17, 15) is 18.5 Å². The Balaban J connectivity index is 2.20. The quantitative estimate of drug-likeness (QED) is 0.575. The molecule has 0 aliphatic rings. The van der Waals surface area contributed by atoms with E-state index in [-0.39, 0.29) is 11.5 Å². The molecule has 27 heavy (non-hydrogen) atoms. The number of ether oxygens (including phenoxy) is 2. The van der Waals surface area contributed by atoms with Gasteiger partial charge >= 0.3 is 5.97 Å². The molecule has 0 spiro atoms. The molecule has 0 fully saturated rings. The van der Waals surface area contributed by atoms with Crippen molar-refractivity contribution < 1.29 is 22.7 Å². The van der Waals surface area contributed by atoms with Crippen molar-refractivity contribution in [3.8, 4) is 11.8 Å². The van der Waals surface area contributed by atoms with E-state index in [0.29, 0.717) is 17.0 Å². The molecule has 1 N–H and O–H groups in total. The Morgan fingerprint density at radius 2 is 1.78 bits per heavy atom. The summed E-state index contributed by atoms with van der Waals surface area (Å²) in [6.07, 6.45) is 1.11. The number of methoxy groups -OCH3 is 1. The fourth-order valence-electron chi connectivity index (χ4n) is 2.12. The van der Waals surface area contributed by atoms with Crippen LogP contribution in [0.1, 0.15) is 17.3 Å². The van der Waals surface area contributed by atoms with Crippen molar-refractivity contribution in [2.24, 2.45) is 0 Å². The molecule has 0 saturated carbocycles. The number of nitrogens with zero attached hydrogens (tertiary/aromatic N) is 1. The van der Waals surface area contributed by atoms with Gasteiger partial charge in [-0.15, -0.1) is 0 Å². The van der Waals surface area contributed by atoms with Crippen molar-refractivity contribution in [1.82, 2.24) is 0 Å². The first-order valence-electron chi connectivity index (χ1n) is 7.95. The minimum atomic E-state index is -3.97. The van der Waals surface area contributed by atoms with Crippen LogP contribution in [0.25, 0.3) is 0 Å². The summed E-state index contributed by atoms with van der Waals surface area (Å²) in [6.45, 7) is 1.99. The van der Waals surface area contributed by atoms with Gasteiger partial charge in [0.25, 0.3) is 0 Å². The minimum Gasteiger partial charge on any atom is -0.497 e. The van der Waals surface area contributed by atoms with Crippen LogP contribution in [0.5, 0.6) is 5.75 Å². The lowest BCUT2D eigenvalue weighted by Gasteiger charge is -2.06. The maximum Gasteiger partial charge on any atom is 0.338 e. The zero-order valence-electron chi connectivity index (χ0n) is 14.8. The highest BCUT2D eigenvalue weighted by Gasteiger charge is 2.20. The van der Waals surface area contributed by atoms with Gasteiger partial charge in [0.2, 0.25) is 9.84 Å². The van der Waals surface area contributed by atoms with Crippen LogP contribution in [0.3, 0.4) is 0 Å². The molecule has 2 aromatic rings. The fraction of sp³-hybridized carbons (Fsp3) is 0.158. The summed E-state index contributed by atoms with van der Waals surface area (Å²) in [7, 11) is -2.49. The average molecular weight is 386 g/mol. The first-order valence-corrected chi connectivity index (χ1v) is 9.43. The highest BCUT2D eigenvalue weighted by atomic mass is 32.2. The number of sulfone groups is 1. The Bertz CT molecular complexity index is 972. The first-order chi connectivity index (χ1) is 12.9. The van der Waals surface area contributed by atoms with E-state index in [1.54, 1.807) is 25.1 Å². The van der Waals surface area contributed by atoms with Gasteiger partial charge in [0.05, 0.1) is 24.2 Å². The molecule has 2 rings (SSSR count). The van der Waals surface area contributed by atoms with Gasteiger partial charge in [0.1, 0.15) is 11.8 Å². The molecular formula is C19H18N2O5S. The van der Waals surface area contributed by atoms with Crippen LogP contribution in [-0.4, -0.2) is 28.1 Å². The lowest BCUT2D eigenvalue weighted by Crippen LogP contribution is -2.06. The van der Waals surface area contributed by atoms with Gasteiger partial charge in [-0.25, -0.2) is 13.2 Å². The monoisotopic (exact) mass is 386 g/mol. The molecule has 0 aliphatic carbocycles. The Morgan fingerprint density at radius 3 is 2.30 bits per heavy atom. The van der Waals surface area contributed by atoms with Crippen molar-refractivity contribution in [2.75, 3.05) is 19.0 Å². The molecule has 0 bridgehead atoms. The second kappa shape index (κ2) is 8.87. The molecule has 0 unspecified atom stereocenters. The predicted molar refractivity (Wildman–Crippen MR) is 99.9 cm³/mol. The summed E-state index contributed by atoms with van der Waals surface area (Å²) < 4.78 is 35.0. The van der Waals surface area contributed by atoms with Crippen LogP contribution in [0.4, 0.5) is 5.69 Å². The summed E-state index contributed by atoms with van der Waals surface area (Å²) in [5.41, 5.74) is 0.887. The second-order valence-corrected chi connectivity index (χ2v) is 7.16. The molecule has 0 amide bonds. The normalized spacial score (nSPS) is 11.4. The number of hydrogen-bond acceptors (Lipinski definition) is 7. The maximum absolute atomic E-state index is 12.6. The topological polar surface area (TPSA) is 105 Å². The molecule has 140 valence electrons. The van der Waals surface area contributed by atoms with Gasteiger partial charge < -0.3 is 14.8 Å². The van der Waals surface area contributed by atoms with Crippen molar-refractivity contribution in [1.29, 1.82) is 5.26 Å². The van der Waals surface area contributed by atoms with Crippen LogP contribution in [0.15, 0.2) is 64.5 Å². The Labute approximate surface area is 157 Å². The van der Waals surface area contributed by atoms with Gasteiger partial charge in [0, 0.05) is 11.9 Å². The van der Waals surface area contributed by atoms with Gasteiger partial charge in [-0.05, 0) is 55.5 Å². The van der Waals surface area contributed by atoms with Gasteiger partial charge in [0.15, 0.2) is 4.91 Å². The lowest BCUT2D eigenvalue weighted by atomic mass is 10.2. The van der Waals surface area contributed by atoms with Crippen molar-refractivity contribution in [3.05, 3.63) is 65.2 Å². The molecule has 0 heterocycles. The third kappa shape index (κ3) is 4.86. The summed E-state index contributed by atoms with van der Waals surface area (Å²) in [5.74, 6) is 0.0654. The number of nitriles is 1. The number of allylic oxidation sites excluding steroid dienone is 1. The number of benzene rings is 2. The van der Waals surface area contributed by atoms with E-state index in [0.717, 1.165) is 6.20 Å². The molecule has 0 radical (unpaired) electrons. The Morgan fingerprint density at radius 1 is 1.15 bits per heavy atom. The molecule has 0 aliphatic heterocycles. The number of rotatable bonds is 7. The van der Waals surface area contributed by atoms with E-state index >= 15 is 0 Å². The molecular weight excluding hydrogens is 368 g/mol. The molecule has 7 nitrogen and oxygen atoms in total. The van der Waals surface area contributed by atoms with E-state index in [4.69, 9.17) is 9.47 Å². The average Bonchev–Trinajstić information content (AvgIpc) is 2.69. The highest BCUT2D eigenvalue weighted by Crippen LogP contribution is 2.22. The molecule has 0 saturated heterocycles. The summed E-state index contributed by atoms with van der Waals surface area (Å²) in [4.78, 5) is 11.2. The summed E-state index contributed by atoms with van der Waals surface area (Å²) in [6, 6.07) is 13.7. The van der Waals surface area contributed by atoms with Gasteiger partial charge in [-0.3, -0.25) is 0 Å². The van der Waals surface area contributed by atoms with E-state index in [1.807, 2.05) is 0 Å². The van der Waals surface area contributed by atoms with Crippen LogP contribution < -0.4 is 10.1 Å². The zero-order chi connectivity index (χ0) is 19.9. The number of carbonyl (C=O) groups is 1. The fourth-order valence-corrected chi connectivity index (χ4v) is 3.20. The molecule has 0 atom stereocenters. The van der Waals surface area contributed by atoms with E-state index in [1.165, 1.54) is 43.5 Å². The largest absolute Gasteiger partial charge is 0.497 e. The highest BCUT2D eigenvalue weighted by molar-refractivity contribution is 7.95. The van der Waals surface area contributed by atoms with Crippen LogP contribution in [0, 0.1) is 11.3 Å². The zero-order valence-corrected chi connectivity index (χ0v) is 15.6. The second-order valence-electron chi connectivity index (χ2n) is 5.24. The van der Waals surface area contributed by atoms with Crippen molar-refractivity contribution >= 4 is 21.5 Å². The SMILES string of the molecule is CCOC(=O)c1ccc(N/C=C(/C#N)S(=O)(=O)c2ccc(OC)cc2)cc1. The van der Waals surface area contributed by atoms with Crippen molar-refractivity contribution in [3.63, 3.8) is 0 Å². The Hall–Kier alpha value is -3.31. The predicted octanol–water partition coefficient (Wildman–Crippen LogP) is 3.12. The standard InChI is InChI=1S/C19H18N2O5S/c1-3-26-19(22)14-4-6-15(7-5-14)21-13-18(12-20)27(23,24)17-10-8-16(25-2)9-11-17/h4-11,13,21H,3H2,1-2H3/b18-13-. The maximum atomic E-state index is 12.6. The summed E-state index contributed by atoms with van der Waals surface area (Å²) in [5, 5.41) is 12.0. The van der Waals surface area contributed by atoms with Crippen molar-refractivity contribution in [2.45, 2.75) is 11.8 Å². The third-order valence-electron chi connectivity index (χ3n) is 3.54. The molecule has 0 aromatic heterocycles. The summed E-state index contributed by atoms with van der Waals surface area (Å²) >= 11 is 0. The minimum absolute atomic E-state index is 0.0180. The Kier molecular flexibility index (Phi) is 6.57. The van der Waals surface area contributed by atoms with Crippen LogP contribution >= 0.6 is 0 Å². The van der Waals surface area contributed by atoms with Gasteiger partial charge in [-0.1, -0.05) is 0 Å². The number of carbonyl (C=O) groups excluding carboxylic acids is 1. The number of anilines is 1. The van der Waals surface area contributed by atoms with Crippen LogP contribution in [0.2, 0.25) is 0 Å². The molecule has 8 heteroatoms. The number of esters is 1. The van der Waals surface area contributed by atoms with E-state index < -0.39 is 20.7 Å². The number of nitrogens with one attached hydrogen (secondary N) is 1. The lowest BCUT2D eigenvalue weighted by molar-refractivity contribution is 0.0526. The number of hydrogen-bond donors (Lipinski definition) is 1. The third-order valence-corrected chi connectivity index (χ3v) is 5.22. The van der Waals surface area contributed by atoms with E-state index in [2.05, 4.69) is 5.32 Å².